The Morgan fingerprint density at radius 1 is 1.26 bits per heavy atom. The summed E-state index contributed by atoms with van der Waals surface area (Å²) in [6.45, 7) is 7.71. The first-order chi connectivity index (χ1) is 9.13. The van der Waals surface area contributed by atoms with Crippen molar-refractivity contribution in [1.29, 1.82) is 0 Å². The lowest BCUT2D eigenvalue weighted by molar-refractivity contribution is -0.0230. The lowest BCUT2D eigenvalue weighted by atomic mass is 10.0. The minimum absolute atomic E-state index is 0.0627. The molecule has 2 aliphatic heterocycles. The van der Waals surface area contributed by atoms with Gasteiger partial charge in [0.2, 0.25) is 0 Å². The van der Waals surface area contributed by atoms with Crippen molar-refractivity contribution >= 4 is 0 Å². The van der Waals surface area contributed by atoms with Crippen molar-refractivity contribution in [3.63, 3.8) is 0 Å². The van der Waals surface area contributed by atoms with Crippen LogP contribution in [-0.4, -0.2) is 85.0 Å². The Labute approximate surface area is 114 Å². The highest BCUT2D eigenvalue weighted by atomic mass is 16.5. The fraction of sp³-hybridized carbons (Fsp3) is 1.00. The summed E-state index contributed by atoms with van der Waals surface area (Å²) in [6, 6.07) is 0.312. The molecular formula is C13H26N2O4. The second-order valence-corrected chi connectivity index (χ2v) is 5.59. The molecule has 112 valence electrons. The standard InChI is InChI=1S/C13H26N2O4/c1-9(2)14-7-10-12(13(17)11(8-16)19-10)15-3-5-18-6-4-15/h9-14,16-17H,3-8H2,1-2H3. The van der Waals surface area contributed by atoms with E-state index in [2.05, 4.69) is 24.1 Å². The van der Waals surface area contributed by atoms with Gasteiger partial charge >= 0.3 is 0 Å². The molecule has 2 heterocycles. The van der Waals surface area contributed by atoms with Crippen molar-refractivity contribution in [3.8, 4) is 0 Å². The second-order valence-electron chi connectivity index (χ2n) is 5.59. The molecule has 0 radical (unpaired) electrons. The lowest BCUT2D eigenvalue weighted by Crippen LogP contribution is -2.54. The summed E-state index contributed by atoms with van der Waals surface area (Å²) in [6.07, 6.45) is -1.21. The Kier molecular flexibility index (Phi) is 5.56. The average Bonchev–Trinajstić information content (AvgIpc) is 2.73. The Balaban J connectivity index is 2.00. The van der Waals surface area contributed by atoms with Crippen molar-refractivity contribution in [3.05, 3.63) is 0 Å². The molecule has 0 bridgehead atoms. The topological polar surface area (TPSA) is 74.2 Å². The first-order valence-corrected chi connectivity index (χ1v) is 7.13. The number of aliphatic hydroxyl groups excluding tert-OH is 2. The Morgan fingerprint density at radius 2 is 1.95 bits per heavy atom. The van der Waals surface area contributed by atoms with Crippen molar-refractivity contribution in [2.45, 2.75) is 44.2 Å². The van der Waals surface area contributed by atoms with Gasteiger partial charge < -0.3 is 25.0 Å². The quantitative estimate of drug-likeness (QED) is 0.585. The van der Waals surface area contributed by atoms with E-state index in [1.54, 1.807) is 0 Å². The fourth-order valence-corrected chi connectivity index (χ4v) is 2.82. The van der Waals surface area contributed by atoms with Crippen molar-refractivity contribution in [2.24, 2.45) is 0 Å². The van der Waals surface area contributed by atoms with E-state index in [9.17, 15) is 10.2 Å². The summed E-state index contributed by atoms with van der Waals surface area (Å²) in [5.74, 6) is 0. The maximum absolute atomic E-state index is 10.3. The van der Waals surface area contributed by atoms with E-state index in [1.165, 1.54) is 0 Å². The Bertz CT molecular complexity index is 271. The van der Waals surface area contributed by atoms with Gasteiger partial charge in [0.1, 0.15) is 12.2 Å². The summed E-state index contributed by atoms with van der Waals surface area (Å²) in [4.78, 5) is 2.22. The summed E-state index contributed by atoms with van der Waals surface area (Å²) in [5, 5.41) is 23.0. The van der Waals surface area contributed by atoms with E-state index in [0.29, 0.717) is 25.8 Å². The Hall–Kier alpha value is -0.240. The van der Waals surface area contributed by atoms with Crippen LogP contribution in [0.4, 0.5) is 0 Å². The van der Waals surface area contributed by atoms with Crippen molar-refractivity contribution < 1.29 is 19.7 Å². The largest absolute Gasteiger partial charge is 0.394 e. The van der Waals surface area contributed by atoms with Crippen LogP contribution in [0, 0.1) is 0 Å². The number of hydrogen-bond donors (Lipinski definition) is 3. The molecule has 0 aromatic heterocycles. The predicted molar refractivity (Wildman–Crippen MR) is 71.1 cm³/mol. The van der Waals surface area contributed by atoms with Crippen LogP contribution in [0.2, 0.25) is 0 Å². The molecule has 6 nitrogen and oxygen atoms in total. The summed E-state index contributed by atoms with van der Waals surface area (Å²) in [5.41, 5.74) is 0. The number of hydrogen-bond acceptors (Lipinski definition) is 6. The van der Waals surface area contributed by atoms with Crippen LogP contribution in [0.5, 0.6) is 0 Å². The molecular weight excluding hydrogens is 248 g/mol. The van der Waals surface area contributed by atoms with Gasteiger partial charge in [0.25, 0.3) is 0 Å². The van der Waals surface area contributed by atoms with Crippen LogP contribution in [0.25, 0.3) is 0 Å². The number of aliphatic hydroxyl groups is 2. The summed E-state index contributed by atoms with van der Waals surface area (Å²) in [7, 11) is 0. The molecule has 0 aromatic carbocycles. The first kappa shape index (κ1) is 15.2. The molecule has 19 heavy (non-hydrogen) atoms. The predicted octanol–water partition coefficient (Wildman–Crippen LogP) is -1.19. The molecule has 0 spiro atoms. The van der Waals surface area contributed by atoms with Gasteiger partial charge in [-0.1, -0.05) is 13.8 Å². The van der Waals surface area contributed by atoms with Gasteiger partial charge in [-0.25, -0.2) is 0 Å². The SMILES string of the molecule is CC(C)NCC1OC(CO)C(O)C1N1CCOCC1. The van der Waals surface area contributed by atoms with Crippen molar-refractivity contribution in [2.75, 3.05) is 39.5 Å². The molecule has 0 amide bonds. The highest BCUT2D eigenvalue weighted by Gasteiger charge is 2.46. The first-order valence-electron chi connectivity index (χ1n) is 7.13. The zero-order chi connectivity index (χ0) is 13.8. The molecule has 4 atom stereocenters. The van der Waals surface area contributed by atoms with E-state index < -0.39 is 12.2 Å². The van der Waals surface area contributed by atoms with E-state index in [-0.39, 0.29) is 18.8 Å². The van der Waals surface area contributed by atoms with Crippen LogP contribution in [-0.2, 0) is 9.47 Å². The highest BCUT2D eigenvalue weighted by molar-refractivity contribution is 4.98. The third-order valence-corrected chi connectivity index (χ3v) is 3.84. The normalized spacial score (nSPS) is 37.1. The molecule has 0 aromatic rings. The van der Waals surface area contributed by atoms with Crippen LogP contribution in [0.15, 0.2) is 0 Å². The summed E-state index contributed by atoms with van der Waals surface area (Å²) >= 11 is 0. The van der Waals surface area contributed by atoms with E-state index in [1.807, 2.05) is 0 Å². The van der Waals surface area contributed by atoms with E-state index in [0.717, 1.165) is 13.1 Å². The minimum atomic E-state index is -0.637. The van der Waals surface area contributed by atoms with Crippen molar-refractivity contribution in [1.82, 2.24) is 10.2 Å². The molecule has 0 aliphatic carbocycles. The number of morpholine rings is 1. The van der Waals surface area contributed by atoms with E-state index in [4.69, 9.17) is 9.47 Å². The third kappa shape index (κ3) is 3.65. The van der Waals surface area contributed by atoms with Gasteiger partial charge in [-0.15, -0.1) is 0 Å². The van der Waals surface area contributed by atoms with Gasteiger partial charge in [-0.05, 0) is 0 Å². The number of nitrogens with one attached hydrogen (secondary N) is 1. The van der Waals surface area contributed by atoms with Gasteiger partial charge in [-0.3, -0.25) is 4.90 Å². The molecule has 2 aliphatic rings. The summed E-state index contributed by atoms with van der Waals surface area (Å²) < 4.78 is 11.1. The Morgan fingerprint density at radius 3 is 2.53 bits per heavy atom. The van der Waals surface area contributed by atoms with Gasteiger partial charge in [0.15, 0.2) is 0 Å². The smallest absolute Gasteiger partial charge is 0.109 e. The van der Waals surface area contributed by atoms with Gasteiger partial charge in [-0.2, -0.15) is 0 Å². The minimum Gasteiger partial charge on any atom is -0.394 e. The zero-order valence-corrected chi connectivity index (χ0v) is 11.8. The number of rotatable bonds is 5. The number of ether oxygens (including phenoxy) is 2. The maximum atomic E-state index is 10.3. The van der Waals surface area contributed by atoms with Crippen LogP contribution < -0.4 is 5.32 Å². The van der Waals surface area contributed by atoms with Crippen LogP contribution >= 0.6 is 0 Å². The average molecular weight is 274 g/mol. The van der Waals surface area contributed by atoms with Gasteiger partial charge in [0, 0.05) is 25.7 Å². The lowest BCUT2D eigenvalue weighted by Gasteiger charge is -2.36. The van der Waals surface area contributed by atoms with Gasteiger partial charge in [0.05, 0.1) is 32.0 Å². The van der Waals surface area contributed by atoms with Crippen LogP contribution in [0.3, 0.4) is 0 Å². The second kappa shape index (κ2) is 6.97. The molecule has 3 N–H and O–H groups in total. The molecule has 4 unspecified atom stereocenters. The van der Waals surface area contributed by atoms with E-state index >= 15 is 0 Å². The monoisotopic (exact) mass is 274 g/mol. The molecule has 6 heteroatoms. The van der Waals surface area contributed by atoms with Crippen LogP contribution in [0.1, 0.15) is 13.8 Å². The molecule has 2 saturated heterocycles. The molecule has 2 fully saturated rings. The fourth-order valence-electron chi connectivity index (χ4n) is 2.82. The molecule has 0 saturated carbocycles. The molecule has 2 rings (SSSR count). The number of nitrogens with zero attached hydrogens (tertiary/aromatic N) is 1. The maximum Gasteiger partial charge on any atom is 0.109 e. The third-order valence-electron chi connectivity index (χ3n) is 3.84. The highest BCUT2D eigenvalue weighted by Crippen LogP contribution is 2.26. The zero-order valence-electron chi connectivity index (χ0n) is 11.8.